The van der Waals surface area contributed by atoms with Gasteiger partial charge in [-0.2, -0.15) is 0 Å². The highest BCUT2D eigenvalue weighted by molar-refractivity contribution is 5.97. The summed E-state index contributed by atoms with van der Waals surface area (Å²) in [6.07, 6.45) is 1.92. The van der Waals surface area contributed by atoms with E-state index in [1.807, 2.05) is 18.2 Å². The van der Waals surface area contributed by atoms with Crippen LogP contribution in [0.25, 0.3) is 16.8 Å². The number of para-hydroxylation sites is 2. The first-order valence-electron chi connectivity index (χ1n) is 9.85. The number of nitrogens with one attached hydrogen (secondary N) is 1. The molecule has 8 heteroatoms. The predicted octanol–water partition coefficient (Wildman–Crippen LogP) is 3.36. The number of aromatic nitrogens is 3. The molecular weight excluding hydrogens is 399 g/mol. The van der Waals surface area contributed by atoms with Gasteiger partial charge in [0.1, 0.15) is 11.6 Å². The Morgan fingerprint density at radius 3 is 2.68 bits per heavy atom. The molecule has 7 nitrogen and oxygen atoms in total. The Bertz CT molecular complexity index is 1340. The maximum atomic E-state index is 13.3. The standard InChI is InChI=1S/C23H19FN4O3/c1-31-20-5-3-2-4-19(20)27-13-15(10-21(27)29)18-11-22(30)28-23(26-18)17(12-25-28)14-6-8-16(24)9-7-14/h2-9,11-12,15,25H,10,13H2,1H3/t15-/m1/s1. The number of fused-ring (bicyclic) bond motifs is 1. The van der Waals surface area contributed by atoms with Gasteiger partial charge in [-0.05, 0) is 29.8 Å². The molecule has 3 heterocycles. The lowest BCUT2D eigenvalue weighted by molar-refractivity contribution is -0.117. The van der Waals surface area contributed by atoms with Gasteiger partial charge in [-0.3, -0.25) is 14.7 Å². The largest absolute Gasteiger partial charge is 0.495 e. The van der Waals surface area contributed by atoms with E-state index in [4.69, 9.17) is 9.72 Å². The molecule has 1 aliphatic rings. The van der Waals surface area contributed by atoms with Gasteiger partial charge in [-0.15, -0.1) is 0 Å². The van der Waals surface area contributed by atoms with Gasteiger partial charge < -0.3 is 9.64 Å². The van der Waals surface area contributed by atoms with Gasteiger partial charge in [0, 0.05) is 36.7 Å². The van der Waals surface area contributed by atoms with Crippen molar-refractivity contribution in [2.75, 3.05) is 18.6 Å². The minimum Gasteiger partial charge on any atom is -0.495 e. The molecule has 0 spiro atoms. The van der Waals surface area contributed by atoms with E-state index in [1.54, 1.807) is 36.4 Å². The molecular formula is C23H19FN4O3. The van der Waals surface area contributed by atoms with Crippen molar-refractivity contribution in [1.82, 2.24) is 14.6 Å². The van der Waals surface area contributed by atoms with Gasteiger partial charge in [0.25, 0.3) is 5.56 Å². The van der Waals surface area contributed by atoms with E-state index >= 15 is 0 Å². The number of amides is 1. The molecule has 0 unspecified atom stereocenters. The Morgan fingerprint density at radius 1 is 1.13 bits per heavy atom. The molecule has 31 heavy (non-hydrogen) atoms. The average molecular weight is 418 g/mol. The molecule has 2 aromatic heterocycles. The van der Waals surface area contributed by atoms with Crippen molar-refractivity contribution < 1.29 is 13.9 Å². The second-order valence-corrected chi connectivity index (χ2v) is 7.45. The van der Waals surface area contributed by atoms with E-state index in [1.165, 1.54) is 22.7 Å². The molecule has 2 aromatic carbocycles. The summed E-state index contributed by atoms with van der Waals surface area (Å²) in [5.41, 5.74) is 2.85. The van der Waals surface area contributed by atoms with E-state index in [0.29, 0.717) is 34.9 Å². The Balaban J connectivity index is 1.53. The molecule has 1 fully saturated rings. The van der Waals surface area contributed by atoms with E-state index in [-0.39, 0.29) is 29.6 Å². The third kappa shape index (κ3) is 3.26. The normalized spacial score (nSPS) is 16.3. The quantitative estimate of drug-likeness (QED) is 0.551. The van der Waals surface area contributed by atoms with Crippen molar-refractivity contribution in [1.29, 1.82) is 0 Å². The van der Waals surface area contributed by atoms with E-state index < -0.39 is 0 Å². The third-order valence-corrected chi connectivity index (χ3v) is 5.59. The Hall–Kier alpha value is -3.94. The van der Waals surface area contributed by atoms with Crippen LogP contribution >= 0.6 is 0 Å². The van der Waals surface area contributed by atoms with Crippen molar-refractivity contribution in [3.05, 3.63) is 82.7 Å². The predicted molar refractivity (Wildman–Crippen MR) is 114 cm³/mol. The molecule has 1 N–H and O–H groups in total. The SMILES string of the molecule is COc1ccccc1N1C[C@H](c2cc(=O)n3[nH]cc(-c4ccc(F)cc4)c3n2)CC1=O. The number of rotatable bonds is 4. The lowest BCUT2D eigenvalue weighted by atomic mass is 10.0. The smallest absolute Gasteiger partial charge is 0.272 e. The molecule has 5 rings (SSSR count). The molecule has 0 bridgehead atoms. The zero-order valence-electron chi connectivity index (χ0n) is 16.7. The fourth-order valence-corrected chi connectivity index (χ4v) is 4.04. The van der Waals surface area contributed by atoms with E-state index in [2.05, 4.69) is 5.10 Å². The van der Waals surface area contributed by atoms with E-state index in [9.17, 15) is 14.0 Å². The minimum atomic E-state index is -0.338. The van der Waals surface area contributed by atoms with Crippen molar-refractivity contribution in [2.24, 2.45) is 0 Å². The first-order valence-corrected chi connectivity index (χ1v) is 9.85. The number of carbonyl (C=O) groups excluding carboxylic acids is 1. The van der Waals surface area contributed by atoms with Gasteiger partial charge in [0.2, 0.25) is 5.91 Å². The number of benzene rings is 2. The molecule has 156 valence electrons. The zero-order chi connectivity index (χ0) is 21.5. The Morgan fingerprint density at radius 2 is 1.90 bits per heavy atom. The number of anilines is 1. The molecule has 1 aliphatic heterocycles. The van der Waals surface area contributed by atoms with Crippen molar-refractivity contribution in [2.45, 2.75) is 12.3 Å². The Labute approximate surface area is 176 Å². The third-order valence-electron chi connectivity index (χ3n) is 5.59. The van der Waals surface area contributed by atoms with Crippen molar-refractivity contribution in [3.8, 4) is 16.9 Å². The van der Waals surface area contributed by atoms with Gasteiger partial charge in [-0.25, -0.2) is 13.9 Å². The summed E-state index contributed by atoms with van der Waals surface area (Å²) in [6.45, 7) is 0.401. The molecule has 1 amide bonds. The zero-order valence-corrected chi connectivity index (χ0v) is 16.7. The monoisotopic (exact) mass is 418 g/mol. The maximum Gasteiger partial charge on any atom is 0.272 e. The topological polar surface area (TPSA) is 79.7 Å². The van der Waals surface area contributed by atoms with Crippen LogP contribution in [0.1, 0.15) is 18.0 Å². The molecule has 1 atom stereocenters. The van der Waals surface area contributed by atoms with Crippen LogP contribution in [-0.2, 0) is 4.79 Å². The lowest BCUT2D eigenvalue weighted by Gasteiger charge is -2.19. The highest BCUT2D eigenvalue weighted by Gasteiger charge is 2.34. The number of H-pyrrole nitrogens is 1. The number of hydrogen-bond donors (Lipinski definition) is 1. The number of methoxy groups -OCH3 is 1. The molecule has 0 saturated carbocycles. The molecule has 4 aromatic rings. The summed E-state index contributed by atoms with van der Waals surface area (Å²) < 4.78 is 20.1. The number of aromatic amines is 1. The highest BCUT2D eigenvalue weighted by atomic mass is 19.1. The van der Waals surface area contributed by atoms with Crippen LogP contribution in [0.5, 0.6) is 5.75 Å². The average Bonchev–Trinajstić information content (AvgIpc) is 3.38. The molecule has 0 aliphatic carbocycles. The van der Waals surface area contributed by atoms with Crippen molar-refractivity contribution in [3.63, 3.8) is 0 Å². The van der Waals surface area contributed by atoms with Crippen LogP contribution in [0, 0.1) is 5.82 Å². The fraction of sp³-hybridized carbons (Fsp3) is 0.174. The van der Waals surface area contributed by atoms with Gasteiger partial charge >= 0.3 is 0 Å². The lowest BCUT2D eigenvalue weighted by Crippen LogP contribution is -2.25. The first kappa shape index (κ1) is 19.0. The van der Waals surface area contributed by atoms with Gasteiger partial charge in [-0.1, -0.05) is 24.3 Å². The molecule has 0 radical (unpaired) electrons. The summed E-state index contributed by atoms with van der Waals surface area (Å²) in [6, 6.07) is 14.8. The molecule has 1 saturated heterocycles. The summed E-state index contributed by atoms with van der Waals surface area (Å²) in [5, 5.41) is 2.90. The summed E-state index contributed by atoms with van der Waals surface area (Å²) in [5.74, 6) is -0.00470. The highest BCUT2D eigenvalue weighted by Crippen LogP contribution is 2.36. The van der Waals surface area contributed by atoms with Crippen LogP contribution in [0.4, 0.5) is 10.1 Å². The van der Waals surface area contributed by atoms with Crippen molar-refractivity contribution >= 4 is 17.2 Å². The number of ether oxygens (including phenoxy) is 1. The fourth-order valence-electron chi connectivity index (χ4n) is 4.04. The summed E-state index contributed by atoms with van der Waals surface area (Å²) >= 11 is 0. The van der Waals surface area contributed by atoms with Crippen LogP contribution < -0.4 is 15.2 Å². The maximum absolute atomic E-state index is 13.3. The first-order chi connectivity index (χ1) is 15.0. The van der Waals surface area contributed by atoms with Gasteiger partial charge in [0.05, 0.1) is 18.5 Å². The summed E-state index contributed by atoms with van der Waals surface area (Å²) in [4.78, 5) is 31.8. The summed E-state index contributed by atoms with van der Waals surface area (Å²) in [7, 11) is 1.57. The minimum absolute atomic E-state index is 0.0516. The Kier molecular flexibility index (Phi) is 4.54. The van der Waals surface area contributed by atoms with Crippen LogP contribution in [0.2, 0.25) is 0 Å². The number of halogens is 1. The number of hydrogen-bond acceptors (Lipinski definition) is 4. The van der Waals surface area contributed by atoms with Crippen LogP contribution in [0.15, 0.2) is 65.6 Å². The van der Waals surface area contributed by atoms with Crippen LogP contribution in [0.3, 0.4) is 0 Å². The van der Waals surface area contributed by atoms with Gasteiger partial charge in [0.15, 0.2) is 5.65 Å². The second kappa shape index (κ2) is 7.39. The number of carbonyl (C=O) groups is 1. The van der Waals surface area contributed by atoms with E-state index in [0.717, 1.165) is 5.56 Å². The number of nitrogens with zero attached hydrogens (tertiary/aromatic N) is 3. The second-order valence-electron chi connectivity index (χ2n) is 7.45. The van der Waals surface area contributed by atoms with Crippen LogP contribution in [-0.4, -0.2) is 34.2 Å².